The summed E-state index contributed by atoms with van der Waals surface area (Å²) < 4.78 is 13.2. The molecule has 7 nitrogen and oxygen atoms in total. The minimum Gasteiger partial charge on any atom is -0.338 e. The minimum atomic E-state index is -0.389. The van der Waals surface area contributed by atoms with Crippen molar-refractivity contribution in [1.29, 1.82) is 0 Å². The van der Waals surface area contributed by atoms with Crippen LogP contribution in [-0.4, -0.2) is 48.5 Å². The van der Waals surface area contributed by atoms with Crippen LogP contribution in [0.1, 0.15) is 24.3 Å². The van der Waals surface area contributed by atoms with E-state index in [0.717, 1.165) is 16.9 Å². The van der Waals surface area contributed by atoms with Crippen LogP contribution in [0.4, 0.5) is 14.0 Å². The Labute approximate surface area is 138 Å². The van der Waals surface area contributed by atoms with Crippen LogP contribution in [0.3, 0.4) is 0 Å². The highest BCUT2D eigenvalue weighted by molar-refractivity contribution is 6.01. The SMILES string of the molecule is O=C(NCCCN1C(=O)CNC1=O)N[C@H]1C[C@H]1c1cccc(F)c1. The Morgan fingerprint density at radius 2 is 2.21 bits per heavy atom. The van der Waals surface area contributed by atoms with Crippen molar-refractivity contribution in [3.05, 3.63) is 35.6 Å². The van der Waals surface area contributed by atoms with Crippen LogP contribution in [0.25, 0.3) is 0 Å². The van der Waals surface area contributed by atoms with Gasteiger partial charge in [-0.2, -0.15) is 0 Å². The highest BCUT2D eigenvalue weighted by Gasteiger charge is 2.39. The van der Waals surface area contributed by atoms with Crippen molar-refractivity contribution in [2.24, 2.45) is 0 Å². The van der Waals surface area contributed by atoms with E-state index in [4.69, 9.17) is 0 Å². The molecule has 1 heterocycles. The summed E-state index contributed by atoms with van der Waals surface area (Å²) in [4.78, 5) is 35.7. The first kappa shape index (κ1) is 16.2. The smallest absolute Gasteiger partial charge is 0.324 e. The Hall–Kier alpha value is -2.64. The van der Waals surface area contributed by atoms with Gasteiger partial charge in [0.25, 0.3) is 0 Å². The molecule has 1 aromatic carbocycles. The van der Waals surface area contributed by atoms with Crippen LogP contribution >= 0.6 is 0 Å². The number of benzene rings is 1. The van der Waals surface area contributed by atoms with Gasteiger partial charge in [-0.3, -0.25) is 9.69 Å². The summed E-state index contributed by atoms with van der Waals surface area (Å²) in [6, 6.07) is 5.73. The lowest BCUT2D eigenvalue weighted by molar-refractivity contribution is -0.125. The predicted molar refractivity (Wildman–Crippen MR) is 83.8 cm³/mol. The molecule has 2 aliphatic rings. The zero-order valence-corrected chi connectivity index (χ0v) is 13.0. The van der Waals surface area contributed by atoms with E-state index >= 15 is 0 Å². The molecule has 0 unspecified atom stereocenters. The molecule has 1 aliphatic carbocycles. The van der Waals surface area contributed by atoms with E-state index < -0.39 is 0 Å². The van der Waals surface area contributed by atoms with E-state index in [1.54, 1.807) is 6.07 Å². The van der Waals surface area contributed by atoms with Crippen LogP contribution in [-0.2, 0) is 4.79 Å². The van der Waals surface area contributed by atoms with E-state index in [0.29, 0.717) is 13.0 Å². The van der Waals surface area contributed by atoms with Gasteiger partial charge in [0.05, 0.1) is 6.54 Å². The van der Waals surface area contributed by atoms with Crippen molar-refractivity contribution in [3.8, 4) is 0 Å². The first-order chi connectivity index (χ1) is 11.5. The van der Waals surface area contributed by atoms with Crippen molar-refractivity contribution in [3.63, 3.8) is 0 Å². The fraction of sp³-hybridized carbons (Fsp3) is 0.438. The minimum absolute atomic E-state index is 0.0118. The van der Waals surface area contributed by atoms with E-state index in [2.05, 4.69) is 16.0 Å². The third-order valence-electron chi connectivity index (χ3n) is 4.16. The average Bonchev–Trinajstić information content (AvgIpc) is 3.24. The number of amides is 5. The molecule has 8 heteroatoms. The Bertz CT molecular complexity index is 650. The first-order valence-electron chi connectivity index (χ1n) is 7.92. The molecule has 3 N–H and O–H groups in total. The molecular weight excluding hydrogens is 315 g/mol. The molecule has 0 radical (unpaired) electrons. The Balaban J connectivity index is 1.34. The lowest BCUT2D eigenvalue weighted by atomic mass is 10.1. The number of nitrogens with zero attached hydrogens (tertiary/aromatic N) is 1. The highest BCUT2D eigenvalue weighted by atomic mass is 19.1. The molecule has 0 aromatic heterocycles. The summed E-state index contributed by atoms with van der Waals surface area (Å²) in [6.45, 7) is 0.677. The van der Waals surface area contributed by atoms with Gasteiger partial charge in [0.1, 0.15) is 5.82 Å². The molecule has 128 valence electrons. The molecule has 24 heavy (non-hydrogen) atoms. The summed E-state index contributed by atoms with van der Waals surface area (Å²) in [6.07, 6.45) is 1.28. The van der Waals surface area contributed by atoms with Gasteiger partial charge in [-0.1, -0.05) is 12.1 Å². The fourth-order valence-electron chi connectivity index (χ4n) is 2.80. The number of nitrogens with one attached hydrogen (secondary N) is 3. The molecule has 5 amide bonds. The van der Waals surface area contributed by atoms with Crippen LogP contribution in [0.5, 0.6) is 0 Å². The molecule has 3 rings (SSSR count). The van der Waals surface area contributed by atoms with Crippen molar-refractivity contribution in [2.75, 3.05) is 19.6 Å². The van der Waals surface area contributed by atoms with Crippen molar-refractivity contribution in [2.45, 2.75) is 24.8 Å². The van der Waals surface area contributed by atoms with Crippen LogP contribution in [0, 0.1) is 5.82 Å². The van der Waals surface area contributed by atoms with Gasteiger partial charge in [0.2, 0.25) is 5.91 Å². The largest absolute Gasteiger partial charge is 0.338 e. The topological polar surface area (TPSA) is 90.5 Å². The zero-order valence-electron chi connectivity index (χ0n) is 13.0. The van der Waals surface area contributed by atoms with Gasteiger partial charge in [-0.05, 0) is 30.5 Å². The number of hydrogen-bond donors (Lipinski definition) is 3. The molecule has 1 aliphatic heterocycles. The van der Waals surface area contributed by atoms with E-state index in [9.17, 15) is 18.8 Å². The second kappa shape index (κ2) is 6.86. The van der Waals surface area contributed by atoms with Gasteiger partial charge < -0.3 is 16.0 Å². The highest BCUT2D eigenvalue weighted by Crippen LogP contribution is 2.40. The normalized spacial score (nSPS) is 22.3. The maximum atomic E-state index is 13.2. The summed E-state index contributed by atoms with van der Waals surface area (Å²) in [5.41, 5.74) is 0.888. The standard InChI is InChI=1S/C16H19FN4O3/c17-11-4-1-3-10(7-11)12-8-13(12)20-15(23)18-5-2-6-21-14(22)9-19-16(21)24/h1,3-4,7,12-13H,2,5-6,8-9H2,(H,19,24)(H2,18,20,23)/t12-,13-/m0/s1. The number of hydrogen-bond acceptors (Lipinski definition) is 3. The zero-order chi connectivity index (χ0) is 17.1. The van der Waals surface area contributed by atoms with Gasteiger partial charge in [0.15, 0.2) is 0 Å². The number of carbonyl (C=O) groups is 3. The molecular formula is C16H19FN4O3. The summed E-state index contributed by atoms with van der Waals surface area (Å²) in [7, 11) is 0. The van der Waals surface area contributed by atoms with Crippen LogP contribution in [0.15, 0.2) is 24.3 Å². The summed E-state index contributed by atoms with van der Waals surface area (Å²) >= 11 is 0. The molecule has 1 saturated carbocycles. The first-order valence-corrected chi connectivity index (χ1v) is 7.92. The lowest BCUT2D eigenvalue weighted by Gasteiger charge is -2.12. The average molecular weight is 334 g/mol. The second-order valence-corrected chi connectivity index (χ2v) is 5.96. The molecule has 0 spiro atoms. The van der Waals surface area contributed by atoms with E-state index in [1.165, 1.54) is 12.1 Å². The van der Waals surface area contributed by atoms with E-state index in [-0.39, 0.29) is 48.8 Å². The predicted octanol–water partition coefficient (Wildman–Crippen LogP) is 0.923. The molecule has 2 atom stereocenters. The van der Waals surface area contributed by atoms with Gasteiger partial charge in [-0.25, -0.2) is 14.0 Å². The van der Waals surface area contributed by atoms with Gasteiger partial charge in [0, 0.05) is 25.0 Å². The number of imide groups is 1. The van der Waals surface area contributed by atoms with Crippen molar-refractivity contribution < 1.29 is 18.8 Å². The van der Waals surface area contributed by atoms with Crippen LogP contribution < -0.4 is 16.0 Å². The summed E-state index contributed by atoms with van der Waals surface area (Å²) in [5.74, 6) is -0.374. The Morgan fingerprint density at radius 1 is 1.38 bits per heavy atom. The number of urea groups is 2. The fourth-order valence-corrected chi connectivity index (χ4v) is 2.80. The second-order valence-electron chi connectivity index (χ2n) is 5.96. The lowest BCUT2D eigenvalue weighted by Crippen LogP contribution is -2.39. The van der Waals surface area contributed by atoms with Crippen LogP contribution in [0.2, 0.25) is 0 Å². The quantitative estimate of drug-likeness (QED) is 0.534. The third-order valence-corrected chi connectivity index (χ3v) is 4.16. The monoisotopic (exact) mass is 334 g/mol. The van der Waals surface area contributed by atoms with E-state index in [1.807, 2.05) is 6.07 Å². The van der Waals surface area contributed by atoms with Crippen molar-refractivity contribution >= 4 is 18.0 Å². The maximum absolute atomic E-state index is 13.2. The maximum Gasteiger partial charge on any atom is 0.324 e. The van der Waals surface area contributed by atoms with Crippen molar-refractivity contribution in [1.82, 2.24) is 20.9 Å². The molecule has 1 saturated heterocycles. The molecule has 2 fully saturated rings. The summed E-state index contributed by atoms with van der Waals surface area (Å²) in [5, 5.41) is 7.97. The Kier molecular flexibility index (Phi) is 4.64. The molecule has 0 bridgehead atoms. The number of rotatable bonds is 6. The Morgan fingerprint density at radius 3 is 2.92 bits per heavy atom. The van der Waals surface area contributed by atoms with Gasteiger partial charge >= 0.3 is 12.1 Å². The van der Waals surface area contributed by atoms with Gasteiger partial charge in [-0.15, -0.1) is 0 Å². The number of halogens is 1. The number of carbonyl (C=O) groups excluding carboxylic acids is 3. The third kappa shape index (κ3) is 3.81. The molecule has 1 aromatic rings.